The zero-order valence-electron chi connectivity index (χ0n) is 16.9. The Kier molecular flexibility index (Phi) is 5.62. The van der Waals surface area contributed by atoms with Crippen molar-refractivity contribution in [3.8, 4) is 0 Å². The second-order valence-electron chi connectivity index (χ2n) is 7.01. The molecule has 0 saturated carbocycles. The lowest BCUT2D eigenvalue weighted by Crippen LogP contribution is -2.23. The number of amides is 1. The number of methoxy groups -OCH3 is 1. The van der Waals surface area contributed by atoms with Gasteiger partial charge in [0.1, 0.15) is 0 Å². The van der Waals surface area contributed by atoms with Gasteiger partial charge in [0.15, 0.2) is 0 Å². The van der Waals surface area contributed by atoms with Crippen LogP contribution in [0.15, 0.2) is 89.9 Å². The van der Waals surface area contributed by atoms with E-state index < -0.39 is 11.9 Å². The SMILES string of the molecule is COC(=O)c1ccccc1NC(=O)c1ccc(=O)n(Cc2cccc3ccccc23)c1. The number of para-hydroxylation sites is 1. The molecule has 0 radical (unpaired) electrons. The molecule has 0 aliphatic carbocycles. The zero-order chi connectivity index (χ0) is 21.8. The van der Waals surface area contributed by atoms with Crippen LogP contribution in [-0.4, -0.2) is 23.6 Å². The van der Waals surface area contributed by atoms with Crippen LogP contribution in [0.3, 0.4) is 0 Å². The minimum atomic E-state index is -0.545. The molecular weight excluding hydrogens is 392 g/mol. The maximum absolute atomic E-state index is 12.8. The number of hydrogen-bond donors (Lipinski definition) is 1. The summed E-state index contributed by atoms with van der Waals surface area (Å²) in [6.07, 6.45) is 1.53. The van der Waals surface area contributed by atoms with Gasteiger partial charge in [0.2, 0.25) is 0 Å². The Hall–Kier alpha value is -4.19. The van der Waals surface area contributed by atoms with Gasteiger partial charge in [0.25, 0.3) is 11.5 Å². The second kappa shape index (κ2) is 8.67. The van der Waals surface area contributed by atoms with Crippen molar-refractivity contribution in [1.29, 1.82) is 0 Å². The maximum Gasteiger partial charge on any atom is 0.339 e. The summed E-state index contributed by atoms with van der Waals surface area (Å²) in [6, 6.07) is 23.3. The fourth-order valence-corrected chi connectivity index (χ4v) is 3.48. The summed E-state index contributed by atoms with van der Waals surface area (Å²) >= 11 is 0. The number of nitrogens with zero attached hydrogens (tertiary/aromatic N) is 1. The molecule has 0 aliphatic rings. The van der Waals surface area contributed by atoms with Gasteiger partial charge < -0.3 is 14.6 Å². The highest BCUT2D eigenvalue weighted by Gasteiger charge is 2.15. The summed E-state index contributed by atoms with van der Waals surface area (Å²) in [5, 5.41) is 4.87. The van der Waals surface area contributed by atoms with Crippen LogP contribution < -0.4 is 10.9 Å². The zero-order valence-corrected chi connectivity index (χ0v) is 16.9. The molecule has 4 rings (SSSR count). The predicted octanol–water partition coefficient (Wildman–Crippen LogP) is 4.09. The van der Waals surface area contributed by atoms with Crippen molar-refractivity contribution in [2.24, 2.45) is 0 Å². The van der Waals surface area contributed by atoms with E-state index in [0.717, 1.165) is 16.3 Å². The maximum atomic E-state index is 12.8. The lowest BCUT2D eigenvalue weighted by molar-refractivity contribution is 0.0602. The van der Waals surface area contributed by atoms with Crippen molar-refractivity contribution < 1.29 is 14.3 Å². The van der Waals surface area contributed by atoms with E-state index in [1.54, 1.807) is 24.3 Å². The van der Waals surface area contributed by atoms with E-state index >= 15 is 0 Å². The molecule has 1 aromatic heterocycles. The average Bonchev–Trinajstić information content (AvgIpc) is 2.80. The van der Waals surface area contributed by atoms with Crippen LogP contribution >= 0.6 is 0 Å². The molecule has 0 spiro atoms. The Morgan fingerprint density at radius 2 is 1.65 bits per heavy atom. The molecule has 31 heavy (non-hydrogen) atoms. The molecule has 0 bridgehead atoms. The number of pyridine rings is 1. The van der Waals surface area contributed by atoms with E-state index in [1.165, 1.54) is 30.0 Å². The quantitative estimate of drug-likeness (QED) is 0.501. The fraction of sp³-hybridized carbons (Fsp3) is 0.0800. The molecule has 0 unspecified atom stereocenters. The highest BCUT2D eigenvalue weighted by Crippen LogP contribution is 2.20. The number of carbonyl (C=O) groups is 2. The Balaban J connectivity index is 1.63. The van der Waals surface area contributed by atoms with Crippen LogP contribution in [-0.2, 0) is 11.3 Å². The van der Waals surface area contributed by atoms with E-state index in [-0.39, 0.29) is 11.1 Å². The standard InChI is InChI=1S/C25H20N2O4/c1-31-25(30)21-11-4-5-12-22(21)26-24(29)19-13-14-23(28)27(16-19)15-18-9-6-8-17-7-2-3-10-20(17)18/h2-14,16H,15H2,1H3,(H,26,29). The normalized spacial score (nSPS) is 10.6. The summed E-state index contributed by atoms with van der Waals surface area (Å²) in [7, 11) is 1.28. The van der Waals surface area contributed by atoms with Gasteiger partial charge in [-0.3, -0.25) is 9.59 Å². The fourth-order valence-electron chi connectivity index (χ4n) is 3.48. The minimum absolute atomic E-state index is 0.209. The highest BCUT2D eigenvalue weighted by atomic mass is 16.5. The Morgan fingerprint density at radius 1 is 0.903 bits per heavy atom. The molecule has 0 fully saturated rings. The first-order valence-corrected chi connectivity index (χ1v) is 9.72. The minimum Gasteiger partial charge on any atom is -0.465 e. The van der Waals surface area contributed by atoms with E-state index in [1.807, 2.05) is 42.5 Å². The van der Waals surface area contributed by atoms with Gasteiger partial charge in [-0.2, -0.15) is 0 Å². The number of benzene rings is 3. The number of anilines is 1. The summed E-state index contributed by atoms with van der Waals surface area (Å²) in [5.74, 6) is -0.972. The predicted molar refractivity (Wildman–Crippen MR) is 119 cm³/mol. The van der Waals surface area contributed by atoms with Crippen molar-refractivity contribution in [2.75, 3.05) is 12.4 Å². The van der Waals surface area contributed by atoms with Gasteiger partial charge in [0, 0.05) is 12.3 Å². The summed E-state index contributed by atoms with van der Waals surface area (Å²) in [6.45, 7) is 0.333. The van der Waals surface area contributed by atoms with E-state index in [9.17, 15) is 14.4 Å². The third kappa shape index (κ3) is 4.23. The van der Waals surface area contributed by atoms with Gasteiger partial charge in [0.05, 0.1) is 30.5 Å². The number of nitrogens with one attached hydrogen (secondary N) is 1. The number of ether oxygens (including phenoxy) is 1. The van der Waals surface area contributed by atoms with E-state index in [2.05, 4.69) is 5.32 Å². The van der Waals surface area contributed by atoms with Crippen molar-refractivity contribution in [1.82, 2.24) is 4.57 Å². The molecule has 1 N–H and O–H groups in total. The van der Waals surface area contributed by atoms with Gasteiger partial charge in [-0.15, -0.1) is 0 Å². The lowest BCUT2D eigenvalue weighted by atomic mass is 10.0. The number of fused-ring (bicyclic) bond motifs is 1. The molecular formula is C25H20N2O4. The number of rotatable bonds is 5. The summed E-state index contributed by atoms with van der Waals surface area (Å²) < 4.78 is 6.27. The second-order valence-corrected chi connectivity index (χ2v) is 7.01. The molecule has 0 saturated heterocycles. The van der Waals surface area contributed by atoms with Crippen LogP contribution in [0, 0.1) is 0 Å². The van der Waals surface area contributed by atoms with Crippen molar-refractivity contribution in [3.05, 3.63) is 112 Å². The molecule has 0 atom stereocenters. The molecule has 4 aromatic rings. The highest BCUT2D eigenvalue weighted by molar-refractivity contribution is 6.07. The first kappa shape index (κ1) is 20.1. The molecule has 154 valence electrons. The molecule has 1 amide bonds. The Morgan fingerprint density at radius 3 is 2.48 bits per heavy atom. The summed E-state index contributed by atoms with van der Waals surface area (Å²) in [5.41, 5.74) is 1.67. The molecule has 6 nitrogen and oxygen atoms in total. The monoisotopic (exact) mass is 412 g/mol. The number of hydrogen-bond acceptors (Lipinski definition) is 4. The van der Waals surface area contributed by atoms with E-state index in [0.29, 0.717) is 17.8 Å². The van der Waals surface area contributed by atoms with Crippen molar-refractivity contribution >= 4 is 28.3 Å². The van der Waals surface area contributed by atoms with Gasteiger partial charge in [-0.05, 0) is 34.5 Å². The van der Waals surface area contributed by atoms with Crippen LogP contribution in [0.5, 0.6) is 0 Å². The topological polar surface area (TPSA) is 77.4 Å². The third-order valence-corrected chi connectivity index (χ3v) is 5.05. The first-order valence-electron chi connectivity index (χ1n) is 9.72. The van der Waals surface area contributed by atoms with Gasteiger partial charge in [-0.25, -0.2) is 4.79 Å². The molecule has 3 aromatic carbocycles. The molecule has 6 heteroatoms. The average molecular weight is 412 g/mol. The number of esters is 1. The summed E-state index contributed by atoms with van der Waals surface area (Å²) in [4.78, 5) is 37.2. The van der Waals surface area contributed by atoms with Crippen LogP contribution in [0.1, 0.15) is 26.3 Å². The van der Waals surface area contributed by atoms with Gasteiger partial charge in [-0.1, -0.05) is 54.6 Å². The molecule has 0 aliphatic heterocycles. The number of aromatic nitrogens is 1. The van der Waals surface area contributed by atoms with Crippen molar-refractivity contribution in [3.63, 3.8) is 0 Å². The van der Waals surface area contributed by atoms with Crippen molar-refractivity contribution in [2.45, 2.75) is 6.54 Å². The van der Waals surface area contributed by atoms with Crippen LogP contribution in [0.2, 0.25) is 0 Å². The third-order valence-electron chi connectivity index (χ3n) is 5.05. The van der Waals surface area contributed by atoms with Crippen LogP contribution in [0.4, 0.5) is 5.69 Å². The number of carbonyl (C=O) groups excluding carboxylic acids is 2. The van der Waals surface area contributed by atoms with Crippen LogP contribution in [0.25, 0.3) is 10.8 Å². The smallest absolute Gasteiger partial charge is 0.339 e. The Bertz CT molecular complexity index is 1340. The molecule has 1 heterocycles. The van der Waals surface area contributed by atoms with Gasteiger partial charge >= 0.3 is 5.97 Å². The largest absolute Gasteiger partial charge is 0.465 e. The van der Waals surface area contributed by atoms with E-state index in [4.69, 9.17) is 4.74 Å². The lowest BCUT2D eigenvalue weighted by Gasteiger charge is -2.12. The first-order chi connectivity index (χ1) is 15.1. The Labute approximate surface area is 178 Å².